The lowest BCUT2D eigenvalue weighted by Crippen LogP contribution is -2.30. The van der Waals surface area contributed by atoms with E-state index in [-0.39, 0.29) is 5.91 Å². The maximum absolute atomic E-state index is 12.8. The van der Waals surface area contributed by atoms with Gasteiger partial charge in [-0.05, 0) is 41.8 Å². The van der Waals surface area contributed by atoms with Crippen LogP contribution in [-0.2, 0) is 0 Å². The highest BCUT2D eigenvalue weighted by Gasteiger charge is 2.36. The van der Waals surface area contributed by atoms with Crippen LogP contribution in [0, 0.1) is 0 Å². The molecule has 1 amide bonds. The Kier molecular flexibility index (Phi) is 3.00. The first-order valence-electron chi connectivity index (χ1n) is 7.66. The Balaban J connectivity index is 1.76. The summed E-state index contributed by atoms with van der Waals surface area (Å²) in [6.07, 6.45) is 3.17. The standard InChI is InChI=1S/C19H18N2O/c1-20-16-10-14-8-5-9-17-18(14)15(11-16)12-21(17)19(22)13-6-3-2-4-7-13/h2-10,15,20H,11-12H2,1H3/t15-/m1/s1. The van der Waals surface area contributed by atoms with Gasteiger partial charge in [-0.15, -0.1) is 0 Å². The van der Waals surface area contributed by atoms with Crippen LogP contribution in [0.3, 0.4) is 0 Å². The molecule has 2 aromatic rings. The molecule has 0 radical (unpaired) electrons. The van der Waals surface area contributed by atoms with Gasteiger partial charge in [0.1, 0.15) is 0 Å². The highest BCUT2D eigenvalue weighted by atomic mass is 16.2. The Morgan fingerprint density at radius 2 is 1.95 bits per heavy atom. The van der Waals surface area contributed by atoms with Crippen molar-refractivity contribution in [2.24, 2.45) is 0 Å². The Labute approximate surface area is 130 Å². The summed E-state index contributed by atoms with van der Waals surface area (Å²) in [7, 11) is 1.96. The molecule has 0 saturated carbocycles. The maximum atomic E-state index is 12.8. The van der Waals surface area contributed by atoms with Gasteiger partial charge in [0.25, 0.3) is 5.91 Å². The number of carbonyl (C=O) groups is 1. The lowest BCUT2D eigenvalue weighted by molar-refractivity contribution is 0.0988. The molecule has 1 aliphatic carbocycles. The van der Waals surface area contributed by atoms with E-state index in [1.807, 2.05) is 48.3 Å². The summed E-state index contributed by atoms with van der Waals surface area (Å²) in [6.45, 7) is 0.763. The molecule has 1 heterocycles. The Morgan fingerprint density at radius 3 is 2.73 bits per heavy atom. The van der Waals surface area contributed by atoms with Crippen molar-refractivity contribution in [3.05, 3.63) is 70.9 Å². The van der Waals surface area contributed by atoms with Gasteiger partial charge in [0.2, 0.25) is 0 Å². The van der Waals surface area contributed by atoms with Gasteiger partial charge in [0, 0.05) is 36.5 Å². The molecule has 0 aromatic heterocycles. The molecule has 1 atom stereocenters. The third-order valence-corrected chi connectivity index (χ3v) is 4.60. The Morgan fingerprint density at radius 1 is 1.14 bits per heavy atom. The van der Waals surface area contributed by atoms with Gasteiger partial charge in [-0.25, -0.2) is 0 Å². The van der Waals surface area contributed by atoms with Gasteiger partial charge in [-0.3, -0.25) is 4.79 Å². The van der Waals surface area contributed by atoms with E-state index in [1.54, 1.807) is 0 Å². The number of hydrogen-bond donors (Lipinski definition) is 1. The summed E-state index contributed by atoms with van der Waals surface area (Å²) >= 11 is 0. The lowest BCUT2D eigenvalue weighted by atomic mass is 9.87. The van der Waals surface area contributed by atoms with E-state index in [2.05, 4.69) is 23.5 Å². The molecule has 1 aliphatic heterocycles. The summed E-state index contributed by atoms with van der Waals surface area (Å²) < 4.78 is 0. The van der Waals surface area contributed by atoms with E-state index < -0.39 is 0 Å². The Hall–Kier alpha value is -2.55. The van der Waals surface area contributed by atoms with Crippen molar-refractivity contribution in [1.29, 1.82) is 0 Å². The van der Waals surface area contributed by atoms with E-state index in [1.165, 1.54) is 16.8 Å². The third kappa shape index (κ3) is 1.93. The number of anilines is 1. The number of carbonyl (C=O) groups excluding carboxylic acids is 1. The van der Waals surface area contributed by atoms with Gasteiger partial charge in [-0.2, -0.15) is 0 Å². The second-order valence-electron chi connectivity index (χ2n) is 5.88. The molecule has 0 unspecified atom stereocenters. The van der Waals surface area contributed by atoms with E-state index in [0.717, 1.165) is 24.2 Å². The van der Waals surface area contributed by atoms with Crippen LogP contribution in [0.2, 0.25) is 0 Å². The predicted octanol–water partition coefficient (Wildman–Crippen LogP) is 3.39. The minimum Gasteiger partial charge on any atom is -0.391 e. The topological polar surface area (TPSA) is 32.3 Å². The van der Waals surface area contributed by atoms with Gasteiger partial charge in [0.15, 0.2) is 0 Å². The number of benzene rings is 2. The zero-order chi connectivity index (χ0) is 15.1. The SMILES string of the molecule is CNC1=Cc2cccc3c2[C@H](C1)CN3C(=O)c1ccccc1. The van der Waals surface area contributed by atoms with Crippen molar-refractivity contribution in [2.75, 3.05) is 18.5 Å². The van der Waals surface area contributed by atoms with Crippen LogP contribution in [0.15, 0.2) is 54.2 Å². The van der Waals surface area contributed by atoms with E-state index in [4.69, 9.17) is 0 Å². The number of amides is 1. The molecule has 110 valence electrons. The van der Waals surface area contributed by atoms with E-state index in [0.29, 0.717) is 5.92 Å². The van der Waals surface area contributed by atoms with Crippen LogP contribution in [-0.4, -0.2) is 19.5 Å². The van der Waals surface area contributed by atoms with E-state index in [9.17, 15) is 4.79 Å². The molecule has 1 N–H and O–H groups in total. The van der Waals surface area contributed by atoms with E-state index >= 15 is 0 Å². The van der Waals surface area contributed by atoms with Crippen LogP contribution in [0.4, 0.5) is 5.69 Å². The minimum absolute atomic E-state index is 0.0920. The Bertz CT molecular complexity index is 764. The van der Waals surface area contributed by atoms with Gasteiger partial charge in [0.05, 0.1) is 0 Å². The van der Waals surface area contributed by atoms with Crippen molar-refractivity contribution < 1.29 is 4.79 Å². The second-order valence-corrected chi connectivity index (χ2v) is 5.88. The van der Waals surface area contributed by atoms with Crippen molar-refractivity contribution in [1.82, 2.24) is 5.32 Å². The van der Waals surface area contributed by atoms with Crippen LogP contribution in [0.5, 0.6) is 0 Å². The molecule has 0 spiro atoms. The highest BCUT2D eigenvalue weighted by Crippen LogP contribution is 2.45. The summed E-state index contributed by atoms with van der Waals surface area (Å²) in [5.74, 6) is 0.487. The normalized spacial score (nSPS) is 18.7. The third-order valence-electron chi connectivity index (χ3n) is 4.60. The minimum atomic E-state index is 0.0920. The predicted molar refractivity (Wildman–Crippen MR) is 89.0 cm³/mol. The van der Waals surface area contributed by atoms with Crippen molar-refractivity contribution >= 4 is 17.7 Å². The summed E-state index contributed by atoms with van der Waals surface area (Å²) in [5, 5.41) is 3.27. The van der Waals surface area contributed by atoms with Crippen LogP contribution in [0.1, 0.15) is 33.8 Å². The molecule has 0 fully saturated rings. The molecular formula is C19H18N2O. The molecule has 0 saturated heterocycles. The largest absolute Gasteiger partial charge is 0.391 e. The average Bonchev–Trinajstić information content (AvgIpc) is 2.95. The maximum Gasteiger partial charge on any atom is 0.258 e. The molecule has 3 nitrogen and oxygen atoms in total. The number of allylic oxidation sites excluding steroid dienone is 1. The van der Waals surface area contributed by atoms with Crippen molar-refractivity contribution in [2.45, 2.75) is 12.3 Å². The molecule has 2 aliphatic rings. The average molecular weight is 290 g/mol. The fourth-order valence-corrected chi connectivity index (χ4v) is 3.57. The van der Waals surface area contributed by atoms with Crippen LogP contribution < -0.4 is 10.2 Å². The summed E-state index contributed by atoms with van der Waals surface area (Å²) in [4.78, 5) is 14.8. The fourth-order valence-electron chi connectivity index (χ4n) is 3.57. The number of nitrogens with zero attached hydrogens (tertiary/aromatic N) is 1. The number of hydrogen-bond acceptors (Lipinski definition) is 2. The zero-order valence-electron chi connectivity index (χ0n) is 12.5. The quantitative estimate of drug-likeness (QED) is 0.919. The molecular weight excluding hydrogens is 272 g/mol. The highest BCUT2D eigenvalue weighted by molar-refractivity contribution is 6.08. The van der Waals surface area contributed by atoms with Crippen molar-refractivity contribution in [3.8, 4) is 0 Å². The first-order valence-corrected chi connectivity index (χ1v) is 7.66. The van der Waals surface area contributed by atoms with Crippen LogP contribution >= 0.6 is 0 Å². The number of rotatable bonds is 2. The molecule has 3 heteroatoms. The first-order chi connectivity index (χ1) is 10.8. The summed E-state index contributed by atoms with van der Waals surface area (Å²) in [6, 6.07) is 15.8. The smallest absolute Gasteiger partial charge is 0.258 e. The fraction of sp³-hybridized carbons (Fsp3) is 0.211. The molecule has 4 rings (SSSR count). The van der Waals surface area contributed by atoms with Gasteiger partial charge in [-0.1, -0.05) is 30.3 Å². The summed E-state index contributed by atoms with van der Waals surface area (Å²) in [5.41, 5.74) is 5.62. The van der Waals surface area contributed by atoms with Gasteiger partial charge >= 0.3 is 0 Å². The zero-order valence-corrected chi connectivity index (χ0v) is 12.5. The first kappa shape index (κ1) is 13.1. The van der Waals surface area contributed by atoms with Crippen molar-refractivity contribution in [3.63, 3.8) is 0 Å². The van der Waals surface area contributed by atoms with Crippen LogP contribution in [0.25, 0.3) is 6.08 Å². The molecule has 0 bridgehead atoms. The number of nitrogens with one attached hydrogen (secondary N) is 1. The lowest BCUT2D eigenvalue weighted by Gasteiger charge is -2.20. The molecule has 22 heavy (non-hydrogen) atoms. The monoisotopic (exact) mass is 290 g/mol. The second kappa shape index (κ2) is 5.02. The molecule has 2 aromatic carbocycles. The van der Waals surface area contributed by atoms with Gasteiger partial charge < -0.3 is 10.2 Å².